The van der Waals surface area contributed by atoms with Gasteiger partial charge < -0.3 is 10.5 Å². The lowest BCUT2D eigenvalue weighted by atomic mass is 10.1. The van der Waals surface area contributed by atoms with Crippen LogP contribution in [-0.2, 0) is 0 Å². The predicted octanol–water partition coefficient (Wildman–Crippen LogP) is 4.35. The molecule has 2 N–H and O–H groups in total. The van der Waals surface area contributed by atoms with Crippen molar-refractivity contribution >= 4 is 22.9 Å². The maximum absolute atomic E-state index is 12.1. The van der Waals surface area contributed by atoms with Crippen molar-refractivity contribution in [3.8, 4) is 5.75 Å². The second-order valence-electron chi connectivity index (χ2n) is 3.73. The van der Waals surface area contributed by atoms with Gasteiger partial charge in [-0.2, -0.15) is 0 Å². The first kappa shape index (κ1) is 14.2. The van der Waals surface area contributed by atoms with E-state index in [1.807, 2.05) is 0 Å². The minimum atomic E-state index is -4.72. The summed E-state index contributed by atoms with van der Waals surface area (Å²) in [6.07, 6.45) is -4.72. The molecule has 1 aromatic heterocycles. The standard InChI is InChI=1S/C12H9ClF3NOS/c13-9-4-5-19-11(9)10(17)7-2-1-3-8(6-7)18-12(14,15)16/h1-6,10H,17H2. The van der Waals surface area contributed by atoms with Crippen molar-refractivity contribution in [3.63, 3.8) is 0 Å². The van der Waals surface area contributed by atoms with Crippen LogP contribution in [0.5, 0.6) is 5.75 Å². The number of ether oxygens (including phenoxy) is 1. The van der Waals surface area contributed by atoms with Gasteiger partial charge in [-0.25, -0.2) is 0 Å². The Hall–Kier alpha value is -1.24. The highest BCUT2D eigenvalue weighted by atomic mass is 35.5. The number of halogens is 4. The molecule has 0 radical (unpaired) electrons. The summed E-state index contributed by atoms with van der Waals surface area (Å²) in [6.45, 7) is 0. The van der Waals surface area contributed by atoms with Crippen LogP contribution in [0.25, 0.3) is 0 Å². The second-order valence-corrected chi connectivity index (χ2v) is 5.09. The lowest BCUT2D eigenvalue weighted by Gasteiger charge is -2.14. The quantitative estimate of drug-likeness (QED) is 0.915. The highest BCUT2D eigenvalue weighted by molar-refractivity contribution is 7.10. The number of alkyl halides is 3. The first-order chi connectivity index (χ1) is 8.87. The smallest absolute Gasteiger partial charge is 0.406 e. The van der Waals surface area contributed by atoms with E-state index in [9.17, 15) is 13.2 Å². The van der Waals surface area contributed by atoms with E-state index in [1.54, 1.807) is 17.5 Å². The SMILES string of the molecule is NC(c1cccc(OC(F)(F)F)c1)c1sccc1Cl. The topological polar surface area (TPSA) is 35.2 Å². The molecular formula is C12H9ClF3NOS. The Kier molecular flexibility index (Phi) is 4.03. The minimum absolute atomic E-state index is 0.298. The van der Waals surface area contributed by atoms with Crippen LogP contribution < -0.4 is 10.5 Å². The average Bonchev–Trinajstić information content (AvgIpc) is 2.72. The van der Waals surface area contributed by atoms with Crippen molar-refractivity contribution in [1.29, 1.82) is 0 Å². The molecule has 0 aliphatic heterocycles. The van der Waals surface area contributed by atoms with Gasteiger partial charge in [0, 0.05) is 4.88 Å². The molecule has 0 aliphatic carbocycles. The highest BCUT2D eigenvalue weighted by Gasteiger charge is 2.31. The van der Waals surface area contributed by atoms with Gasteiger partial charge in [-0.15, -0.1) is 24.5 Å². The molecular weight excluding hydrogens is 299 g/mol. The van der Waals surface area contributed by atoms with E-state index in [-0.39, 0.29) is 5.75 Å². The van der Waals surface area contributed by atoms with Gasteiger partial charge in [-0.1, -0.05) is 23.7 Å². The lowest BCUT2D eigenvalue weighted by molar-refractivity contribution is -0.274. The van der Waals surface area contributed by atoms with Crippen LogP contribution in [0.3, 0.4) is 0 Å². The Morgan fingerprint density at radius 3 is 2.58 bits per heavy atom. The zero-order chi connectivity index (χ0) is 14.0. The van der Waals surface area contributed by atoms with Crippen LogP contribution in [0.1, 0.15) is 16.5 Å². The number of benzene rings is 1. The summed E-state index contributed by atoms with van der Waals surface area (Å²) in [7, 11) is 0. The predicted molar refractivity (Wildman–Crippen MR) is 68.5 cm³/mol. The monoisotopic (exact) mass is 307 g/mol. The Labute approximate surface area is 116 Å². The van der Waals surface area contributed by atoms with Gasteiger partial charge in [-0.05, 0) is 29.1 Å². The van der Waals surface area contributed by atoms with Crippen LogP contribution in [0.2, 0.25) is 5.02 Å². The van der Waals surface area contributed by atoms with Gasteiger partial charge in [0.05, 0.1) is 11.1 Å². The fraction of sp³-hybridized carbons (Fsp3) is 0.167. The molecule has 1 atom stereocenters. The van der Waals surface area contributed by atoms with E-state index in [0.717, 1.165) is 0 Å². The fourth-order valence-corrected chi connectivity index (χ4v) is 2.79. The summed E-state index contributed by atoms with van der Waals surface area (Å²) in [5.74, 6) is -0.298. The number of thiophene rings is 1. The van der Waals surface area contributed by atoms with Crippen LogP contribution >= 0.6 is 22.9 Å². The van der Waals surface area contributed by atoms with Gasteiger partial charge in [0.15, 0.2) is 0 Å². The van der Waals surface area contributed by atoms with E-state index < -0.39 is 12.4 Å². The van der Waals surface area contributed by atoms with Gasteiger partial charge >= 0.3 is 6.36 Å². The molecule has 0 fully saturated rings. The third kappa shape index (κ3) is 3.62. The second kappa shape index (κ2) is 5.40. The average molecular weight is 308 g/mol. The number of hydrogen-bond donors (Lipinski definition) is 1. The van der Waals surface area contributed by atoms with Crippen molar-refractivity contribution < 1.29 is 17.9 Å². The molecule has 2 rings (SSSR count). The molecule has 0 saturated carbocycles. The minimum Gasteiger partial charge on any atom is -0.406 e. The molecule has 1 unspecified atom stereocenters. The number of rotatable bonds is 3. The summed E-state index contributed by atoms with van der Waals surface area (Å²) >= 11 is 7.30. The van der Waals surface area contributed by atoms with E-state index in [0.29, 0.717) is 15.5 Å². The third-order valence-electron chi connectivity index (χ3n) is 2.38. The number of nitrogens with two attached hydrogens (primary N) is 1. The van der Waals surface area contributed by atoms with Crippen LogP contribution in [0.4, 0.5) is 13.2 Å². The number of hydrogen-bond acceptors (Lipinski definition) is 3. The van der Waals surface area contributed by atoms with Crippen molar-refractivity contribution in [1.82, 2.24) is 0 Å². The molecule has 1 heterocycles. The molecule has 0 spiro atoms. The summed E-state index contributed by atoms with van der Waals surface area (Å²) in [5.41, 5.74) is 6.49. The first-order valence-corrected chi connectivity index (χ1v) is 6.47. The molecule has 102 valence electrons. The maximum Gasteiger partial charge on any atom is 0.573 e. The Morgan fingerprint density at radius 2 is 2.00 bits per heavy atom. The van der Waals surface area contributed by atoms with Gasteiger partial charge in [0.1, 0.15) is 5.75 Å². The molecule has 2 aromatic rings. The largest absolute Gasteiger partial charge is 0.573 e. The Bertz CT molecular complexity index is 570. The Morgan fingerprint density at radius 1 is 1.26 bits per heavy atom. The van der Waals surface area contributed by atoms with E-state index >= 15 is 0 Å². The summed E-state index contributed by atoms with van der Waals surface area (Å²) in [6, 6.07) is 6.68. The Balaban J connectivity index is 2.26. The van der Waals surface area contributed by atoms with E-state index in [2.05, 4.69) is 4.74 Å². The van der Waals surface area contributed by atoms with Crippen LogP contribution in [0.15, 0.2) is 35.7 Å². The zero-order valence-electron chi connectivity index (χ0n) is 9.45. The summed E-state index contributed by atoms with van der Waals surface area (Å²) in [5, 5.41) is 2.27. The van der Waals surface area contributed by atoms with E-state index in [4.69, 9.17) is 17.3 Å². The molecule has 1 aromatic carbocycles. The molecule has 0 amide bonds. The zero-order valence-corrected chi connectivity index (χ0v) is 11.0. The van der Waals surface area contributed by atoms with Crippen molar-refractivity contribution in [2.45, 2.75) is 12.4 Å². The van der Waals surface area contributed by atoms with Crippen LogP contribution in [0, 0.1) is 0 Å². The third-order valence-corrected chi connectivity index (χ3v) is 3.82. The molecule has 0 saturated heterocycles. The van der Waals surface area contributed by atoms with Crippen LogP contribution in [-0.4, -0.2) is 6.36 Å². The highest BCUT2D eigenvalue weighted by Crippen LogP contribution is 2.33. The fourth-order valence-electron chi connectivity index (χ4n) is 1.58. The van der Waals surface area contributed by atoms with E-state index in [1.165, 1.54) is 29.5 Å². The molecule has 7 heteroatoms. The van der Waals surface area contributed by atoms with Gasteiger partial charge in [0.2, 0.25) is 0 Å². The normalized spacial score (nSPS) is 13.3. The van der Waals surface area contributed by atoms with Crippen molar-refractivity contribution in [2.24, 2.45) is 5.73 Å². The van der Waals surface area contributed by atoms with Gasteiger partial charge in [0.25, 0.3) is 0 Å². The molecule has 0 bridgehead atoms. The first-order valence-electron chi connectivity index (χ1n) is 5.21. The summed E-state index contributed by atoms with van der Waals surface area (Å²) < 4.78 is 40.3. The van der Waals surface area contributed by atoms with Crippen molar-refractivity contribution in [3.05, 3.63) is 51.2 Å². The molecule has 0 aliphatic rings. The molecule has 2 nitrogen and oxygen atoms in total. The molecule has 19 heavy (non-hydrogen) atoms. The lowest BCUT2D eigenvalue weighted by Crippen LogP contribution is -2.17. The van der Waals surface area contributed by atoms with Gasteiger partial charge in [-0.3, -0.25) is 0 Å². The summed E-state index contributed by atoms with van der Waals surface area (Å²) in [4.78, 5) is 0.700. The van der Waals surface area contributed by atoms with Crippen molar-refractivity contribution in [2.75, 3.05) is 0 Å². The maximum atomic E-state index is 12.1.